The Labute approximate surface area is 278 Å². The normalized spacial score (nSPS) is 18.3. The summed E-state index contributed by atoms with van der Waals surface area (Å²) >= 11 is 3.40. The number of rotatable bonds is 4. The highest BCUT2D eigenvalue weighted by molar-refractivity contribution is 9.10. The third-order valence-electron chi connectivity index (χ3n) is 8.68. The van der Waals surface area contributed by atoms with Crippen LogP contribution in [-0.2, 0) is 22.7 Å². The van der Waals surface area contributed by atoms with E-state index in [4.69, 9.17) is 4.74 Å². The van der Waals surface area contributed by atoms with Crippen LogP contribution in [0.1, 0.15) is 70.4 Å². The number of methoxy groups -OCH3 is 1. The Morgan fingerprint density at radius 3 is 2.37 bits per heavy atom. The number of hydrogen-bond acceptors (Lipinski definition) is 13. The van der Waals surface area contributed by atoms with E-state index >= 15 is 0 Å². The van der Waals surface area contributed by atoms with Gasteiger partial charge in [0.15, 0.2) is 23.1 Å². The van der Waals surface area contributed by atoms with Gasteiger partial charge in [0.25, 0.3) is 5.56 Å². The zero-order chi connectivity index (χ0) is 35.3. The first-order valence-electron chi connectivity index (χ1n) is 14.0. The summed E-state index contributed by atoms with van der Waals surface area (Å²) < 4.78 is 44.0. The molecule has 0 aliphatic heterocycles. The molecule has 4 aromatic rings. The van der Waals surface area contributed by atoms with Crippen LogP contribution < -0.4 is 11.0 Å². The van der Waals surface area contributed by atoms with Crippen molar-refractivity contribution in [1.82, 2.24) is 15.0 Å². The number of carbonyl (C=O) groups excluding carboxylic acids is 4. The standard InChI is InChI=1S/C31H17BrF3N5O9/c1-49-13-7-12(41)16-17(22(13)42)24(44)19-18(23(16)43)26(46)30(27(19)47)4-2-10-20(30)25(45)15-11(21(10)32)6-9(38-28(15)48)8-37-40-29-36-5-3-14(39-29)31(33,34)35/h3,5-8,43-45H,2,4H2,1H3,(H,38,48)(H,36,39,40)/t30-/m0/s1. The maximum Gasteiger partial charge on any atom is 0.433 e. The molecule has 3 aliphatic rings. The molecule has 18 heteroatoms. The van der Waals surface area contributed by atoms with Gasteiger partial charge in [0, 0.05) is 27.7 Å². The van der Waals surface area contributed by atoms with Crippen LogP contribution in [0.3, 0.4) is 0 Å². The number of pyridine rings is 1. The number of anilines is 1. The second kappa shape index (κ2) is 10.5. The Bertz CT molecular complexity index is 2400. The highest BCUT2D eigenvalue weighted by Gasteiger charge is 2.62. The lowest BCUT2D eigenvalue weighted by atomic mass is 9.76. The molecule has 248 valence electrons. The lowest BCUT2D eigenvalue weighted by Crippen LogP contribution is -2.36. The fourth-order valence-corrected chi connectivity index (χ4v) is 7.31. The number of H-pyrrole nitrogens is 1. The molecule has 2 aromatic carbocycles. The molecule has 0 fully saturated rings. The molecule has 3 aliphatic carbocycles. The van der Waals surface area contributed by atoms with Gasteiger partial charge in [0.05, 0.1) is 46.7 Å². The van der Waals surface area contributed by atoms with Gasteiger partial charge in [0.1, 0.15) is 28.4 Å². The van der Waals surface area contributed by atoms with E-state index in [0.717, 1.165) is 25.6 Å². The summed E-state index contributed by atoms with van der Waals surface area (Å²) in [6.07, 6.45) is -2.33. The molecule has 2 aromatic heterocycles. The molecule has 5 N–H and O–H groups in total. The smallest absolute Gasteiger partial charge is 0.433 e. The number of phenols is 3. The fraction of sp³-hybridized carbons (Fsp3) is 0.161. The van der Waals surface area contributed by atoms with Crippen molar-refractivity contribution in [2.45, 2.75) is 24.4 Å². The number of ketones is 4. The molecule has 0 unspecified atom stereocenters. The lowest BCUT2D eigenvalue weighted by Gasteiger charge is -2.23. The number of hydrogen-bond donors (Lipinski definition) is 5. The Hall–Kier alpha value is -5.91. The Balaban J connectivity index is 1.33. The topological polar surface area (TPSA) is 221 Å². The molecule has 1 atom stereocenters. The third-order valence-corrected chi connectivity index (χ3v) is 9.58. The lowest BCUT2D eigenvalue weighted by molar-refractivity contribution is -0.141. The second-order valence-corrected chi connectivity index (χ2v) is 12.0. The average Bonchev–Trinajstić information content (AvgIpc) is 3.56. The summed E-state index contributed by atoms with van der Waals surface area (Å²) in [4.78, 5) is 77.0. The Kier molecular flexibility index (Phi) is 6.82. The fourth-order valence-electron chi connectivity index (χ4n) is 6.60. The number of nitrogens with one attached hydrogen (secondary N) is 2. The SMILES string of the molecule is COC1=CC(=O)c2c(O)c3c(c(O)c2C1=O)C(=O)[C@]1(CCc2c1c(O)c1c(=O)[nH]c(C=NNc4nccc(C(F)(F)F)n4)cc1c2Br)C3=O. The van der Waals surface area contributed by atoms with Crippen LogP contribution in [0, 0.1) is 0 Å². The van der Waals surface area contributed by atoms with Crippen molar-refractivity contribution < 1.29 is 52.4 Å². The van der Waals surface area contributed by atoms with Gasteiger partial charge in [-0.3, -0.25) is 24.0 Å². The van der Waals surface area contributed by atoms with Crippen molar-refractivity contribution in [3.05, 3.63) is 89.8 Å². The van der Waals surface area contributed by atoms with Gasteiger partial charge in [-0.25, -0.2) is 15.4 Å². The number of ether oxygens (including phenoxy) is 1. The number of aromatic amines is 1. The molecule has 0 bridgehead atoms. The number of alkyl halides is 3. The third kappa shape index (κ3) is 4.25. The number of benzene rings is 2. The Morgan fingerprint density at radius 1 is 1.04 bits per heavy atom. The number of carbonyl (C=O) groups is 4. The summed E-state index contributed by atoms with van der Waals surface area (Å²) in [5.74, 6) is -7.82. The molecule has 0 radical (unpaired) electrons. The first-order valence-corrected chi connectivity index (χ1v) is 14.8. The maximum absolute atomic E-state index is 14.2. The minimum atomic E-state index is -4.72. The average molecular weight is 740 g/mol. The van der Waals surface area contributed by atoms with E-state index in [2.05, 4.69) is 41.4 Å². The molecule has 0 saturated carbocycles. The number of halogens is 4. The molecule has 49 heavy (non-hydrogen) atoms. The van der Waals surface area contributed by atoms with Crippen molar-refractivity contribution in [1.29, 1.82) is 0 Å². The summed E-state index contributed by atoms with van der Waals surface area (Å²) in [6, 6.07) is 2.03. The summed E-state index contributed by atoms with van der Waals surface area (Å²) in [6.45, 7) is 0. The quantitative estimate of drug-likeness (QED) is 0.0872. The number of fused-ring (bicyclic) bond motifs is 5. The van der Waals surface area contributed by atoms with E-state index in [1.54, 1.807) is 0 Å². The first kappa shape index (κ1) is 31.7. The van der Waals surface area contributed by atoms with Crippen molar-refractivity contribution in [2.24, 2.45) is 5.10 Å². The second-order valence-electron chi connectivity index (χ2n) is 11.2. The number of hydrazone groups is 1. The van der Waals surface area contributed by atoms with Gasteiger partial charge in [-0.15, -0.1) is 0 Å². The van der Waals surface area contributed by atoms with E-state index in [9.17, 15) is 52.5 Å². The number of allylic oxidation sites excluding steroid dienone is 2. The maximum atomic E-state index is 14.2. The molecule has 14 nitrogen and oxygen atoms in total. The van der Waals surface area contributed by atoms with Crippen LogP contribution in [0.25, 0.3) is 10.8 Å². The van der Waals surface area contributed by atoms with Crippen molar-refractivity contribution in [3.63, 3.8) is 0 Å². The minimum Gasteiger partial charge on any atom is -0.507 e. The largest absolute Gasteiger partial charge is 0.507 e. The van der Waals surface area contributed by atoms with Crippen LogP contribution in [0.2, 0.25) is 0 Å². The zero-order valence-corrected chi connectivity index (χ0v) is 26.0. The van der Waals surface area contributed by atoms with Crippen LogP contribution in [-0.4, -0.2) is 66.7 Å². The molecule has 7 rings (SSSR count). The highest BCUT2D eigenvalue weighted by Crippen LogP contribution is 2.58. The van der Waals surface area contributed by atoms with Gasteiger partial charge in [-0.05, 0) is 46.5 Å². The van der Waals surface area contributed by atoms with E-state index in [0.29, 0.717) is 6.07 Å². The predicted molar refractivity (Wildman–Crippen MR) is 164 cm³/mol. The van der Waals surface area contributed by atoms with E-state index in [1.807, 2.05) is 0 Å². The van der Waals surface area contributed by atoms with E-state index < -0.39 is 97.2 Å². The van der Waals surface area contributed by atoms with E-state index in [1.165, 1.54) is 6.07 Å². The molecule has 1 spiro atoms. The monoisotopic (exact) mass is 739 g/mol. The highest BCUT2D eigenvalue weighted by atomic mass is 79.9. The summed E-state index contributed by atoms with van der Waals surface area (Å²) in [5.41, 5.74) is -5.00. The summed E-state index contributed by atoms with van der Waals surface area (Å²) in [7, 11) is 1.10. The van der Waals surface area contributed by atoms with Crippen LogP contribution in [0.5, 0.6) is 17.2 Å². The van der Waals surface area contributed by atoms with Crippen LogP contribution in [0.15, 0.2) is 44.5 Å². The van der Waals surface area contributed by atoms with Crippen LogP contribution >= 0.6 is 15.9 Å². The summed E-state index contributed by atoms with van der Waals surface area (Å²) in [5, 5.41) is 37.4. The van der Waals surface area contributed by atoms with Gasteiger partial charge in [-0.1, -0.05) is 0 Å². The number of phenolic OH excluding ortho intramolecular Hbond substituents is 3. The Morgan fingerprint density at radius 2 is 1.71 bits per heavy atom. The molecular weight excluding hydrogens is 723 g/mol. The van der Waals surface area contributed by atoms with Crippen molar-refractivity contribution in [2.75, 3.05) is 12.5 Å². The van der Waals surface area contributed by atoms with Crippen molar-refractivity contribution in [3.8, 4) is 17.2 Å². The molecule has 0 amide bonds. The van der Waals surface area contributed by atoms with E-state index in [-0.39, 0.29) is 44.9 Å². The molecule has 2 heterocycles. The van der Waals surface area contributed by atoms with Gasteiger partial charge >= 0.3 is 6.18 Å². The van der Waals surface area contributed by atoms with Gasteiger partial charge < -0.3 is 25.0 Å². The number of aromatic nitrogens is 3. The zero-order valence-electron chi connectivity index (χ0n) is 24.4. The number of Topliss-reactive ketones (excluding diaryl/α,β-unsaturated/α-hetero) is 3. The predicted octanol–water partition coefficient (Wildman–Crippen LogP) is 3.83. The minimum absolute atomic E-state index is 0.0176. The number of aromatic hydroxyl groups is 3. The molecule has 0 saturated heterocycles. The van der Waals surface area contributed by atoms with Gasteiger partial charge in [0.2, 0.25) is 11.7 Å². The van der Waals surface area contributed by atoms with Gasteiger partial charge in [-0.2, -0.15) is 18.3 Å². The van der Waals surface area contributed by atoms with Crippen LogP contribution in [0.4, 0.5) is 19.1 Å². The molecular formula is C31H17BrF3N5O9. The number of nitrogens with zero attached hydrogens (tertiary/aromatic N) is 3. The first-order chi connectivity index (χ1) is 23.1. The van der Waals surface area contributed by atoms with Crippen molar-refractivity contribution >= 4 is 62.0 Å².